The summed E-state index contributed by atoms with van der Waals surface area (Å²) in [6, 6.07) is 21.6. The molecule has 8 nitrogen and oxygen atoms in total. The molecule has 0 atom stereocenters. The molecule has 0 unspecified atom stereocenters. The highest BCUT2D eigenvalue weighted by Crippen LogP contribution is 2.39. The number of para-hydroxylation sites is 2. The number of nitrogens with zero attached hydrogens (tertiary/aromatic N) is 6. The van der Waals surface area contributed by atoms with Crippen molar-refractivity contribution in [1.29, 1.82) is 0 Å². The van der Waals surface area contributed by atoms with E-state index in [2.05, 4.69) is 30.3 Å². The molecule has 2 aromatic heterocycles. The molecule has 2 aromatic carbocycles. The minimum atomic E-state index is 0.0841. The highest BCUT2D eigenvalue weighted by atomic mass is 32.1. The minimum absolute atomic E-state index is 0.0841. The number of nitrogens with one attached hydrogen (secondary N) is 1. The maximum absolute atomic E-state index is 11.1. The van der Waals surface area contributed by atoms with Gasteiger partial charge in [0.25, 0.3) is 0 Å². The third-order valence-electron chi connectivity index (χ3n) is 6.23. The summed E-state index contributed by atoms with van der Waals surface area (Å²) in [6.07, 6.45) is 1.82. The van der Waals surface area contributed by atoms with Gasteiger partial charge in [-0.05, 0) is 49.0 Å². The second-order valence-electron chi connectivity index (χ2n) is 8.50. The second-order valence-corrected chi connectivity index (χ2v) is 8.88. The molecule has 1 fully saturated rings. The van der Waals surface area contributed by atoms with Crippen molar-refractivity contribution in [1.82, 2.24) is 14.5 Å². The third kappa shape index (κ3) is 5.01. The normalized spacial score (nSPS) is 14.6. The van der Waals surface area contributed by atoms with Gasteiger partial charge in [-0.15, -0.1) is 10.2 Å². The lowest BCUT2D eigenvalue weighted by atomic mass is 10.2. The van der Waals surface area contributed by atoms with Gasteiger partial charge in [-0.3, -0.25) is 9.47 Å². The number of pyridine rings is 1. The van der Waals surface area contributed by atoms with E-state index in [9.17, 15) is 5.11 Å². The summed E-state index contributed by atoms with van der Waals surface area (Å²) in [5.74, 6) is 1.08. The highest BCUT2D eigenvalue weighted by molar-refractivity contribution is 7.80. The molecule has 5 rings (SSSR count). The number of hydrogen-bond acceptors (Lipinski definition) is 6. The van der Waals surface area contributed by atoms with Crippen molar-refractivity contribution in [3.63, 3.8) is 0 Å². The molecule has 0 aliphatic carbocycles. The van der Waals surface area contributed by atoms with Crippen LogP contribution in [-0.2, 0) is 6.67 Å². The highest BCUT2D eigenvalue weighted by Gasteiger charge is 2.22. The second kappa shape index (κ2) is 10.2. The molecule has 178 valence electrons. The molecule has 3 heterocycles. The van der Waals surface area contributed by atoms with Crippen LogP contribution in [0.25, 0.3) is 10.9 Å². The maximum Gasteiger partial charge on any atom is 0.221 e. The van der Waals surface area contributed by atoms with Crippen LogP contribution in [0, 0.1) is 6.92 Å². The Hall–Kier alpha value is -3.82. The monoisotopic (exact) mass is 485 g/mol. The SMILES string of the molecule is Cc1ccccc1NC(=S)N=Nc1c(O)n(CN2CCN(c3ccccn3)CC2)c2ccccc12. The first-order chi connectivity index (χ1) is 17.1. The number of aromatic nitrogens is 2. The Morgan fingerprint density at radius 1 is 1.00 bits per heavy atom. The number of anilines is 2. The van der Waals surface area contributed by atoms with E-state index in [-0.39, 0.29) is 11.0 Å². The predicted octanol–water partition coefficient (Wildman–Crippen LogP) is 5.31. The largest absolute Gasteiger partial charge is 0.493 e. The van der Waals surface area contributed by atoms with Crippen LogP contribution in [0.1, 0.15) is 5.56 Å². The Morgan fingerprint density at radius 3 is 2.51 bits per heavy atom. The van der Waals surface area contributed by atoms with Crippen LogP contribution in [0.4, 0.5) is 17.2 Å². The van der Waals surface area contributed by atoms with E-state index in [0.29, 0.717) is 12.4 Å². The number of piperazine rings is 1. The molecule has 0 amide bonds. The van der Waals surface area contributed by atoms with E-state index in [4.69, 9.17) is 12.2 Å². The van der Waals surface area contributed by atoms with E-state index in [0.717, 1.165) is 54.2 Å². The van der Waals surface area contributed by atoms with Crippen molar-refractivity contribution in [2.45, 2.75) is 13.6 Å². The Balaban J connectivity index is 1.32. The Kier molecular flexibility index (Phi) is 6.69. The molecular weight excluding hydrogens is 458 g/mol. The van der Waals surface area contributed by atoms with Crippen molar-refractivity contribution in [2.24, 2.45) is 10.2 Å². The average molecular weight is 486 g/mol. The van der Waals surface area contributed by atoms with Crippen molar-refractivity contribution in [2.75, 3.05) is 36.4 Å². The average Bonchev–Trinajstić information content (AvgIpc) is 3.15. The first kappa shape index (κ1) is 22.9. The first-order valence-corrected chi connectivity index (χ1v) is 12.0. The number of hydrogen-bond donors (Lipinski definition) is 2. The zero-order valence-electron chi connectivity index (χ0n) is 19.5. The van der Waals surface area contributed by atoms with Gasteiger partial charge < -0.3 is 15.3 Å². The van der Waals surface area contributed by atoms with Gasteiger partial charge in [0.1, 0.15) is 5.82 Å². The number of aryl methyl sites for hydroxylation is 1. The topological polar surface area (TPSA) is 81.3 Å². The summed E-state index contributed by atoms with van der Waals surface area (Å²) in [5.41, 5.74) is 3.27. The first-order valence-electron chi connectivity index (χ1n) is 11.6. The van der Waals surface area contributed by atoms with Crippen molar-refractivity contribution < 1.29 is 5.11 Å². The van der Waals surface area contributed by atoms with E-state index in [1.165, 1.54) is 0 Å². The number of thiocarbonyl (C=S) groups is 1. The number of benzene rings is 2. The van der Waals surface area contributed by atoms with Crippen LogP contribution >= 0.6 is 12.2 Å². The molecule has 0 radical (unpaired) electrons. The summed E-state index contributed by atoms with van der Waals surface area (Å²) in [6.45, 7) is 6.04. The van der Waals surface area contributed by atoms with E-state index in [1.54, 1.807) is 0 Å². The smallest absolute Gasteiger partial charge is 0.221 e. The lowest BCUT2D eigenvalue weighted by Crippen LogP contribution is -2.47. The molecule has 1 aliphatic heterocycles. The standard InChI is InChI=1S/C26H27N7OS/c1-19-8-2-4-10-21(19)28-26(35)30-29-24-20-9-3-5-11-22(20)33(25(24)34)18-31-14-16-32(17-15-31)23-12-6-7-13-27-23/h2-13,34H,14-18H2,1H3,(H,28,35). The Morgan fingerprint density at radius 2 is 1.74 bits per heavy atom. The number of aromatic hydroxyl groups is 1. The Labute approximate surface area is 209 Å². The molecule has 1 saturated heterocycles. The molecule has 0 saturated carbocycles. The van der Waals surface area contributed by atoms with Gasteiger partial charge in [0.05, 0.1) is 12.2 Å². The van der Waals surface area contributed by atoms with Crippen molar-refractivity contribution >= 4 is 45.4 Å². The fourth-order valence-electron chi connectivity index (χ4n) is 4.32. The zero-order chi connectivity index (χ0) is 24.2. The summed E-state index contributed by atoms with van der Waals surface area (Å²) < 4.78 is 1.89. The molecule has 4 aromatic rings. The van der Waals surface area contributed by atoms with Gasteiger partial charge in [0.2, 0.25) is 11.0 Å². The van der Waals surface area contributed by atoms with Crippen LogP contribution in [0.5, 0.6) is 5.88 Å². The number of fused-ring (bicyclic) bond motifs is 1. The van der Waals surface area contributed by atoms with Crippen LogP contribution in [0.3, 0.4) is 0 Å². The number of azo groups is 1. The van der Waals surface area contributed by atoms with Gasteiger partial charge in [0.15, 0.2) is 5.69 Å². The van der Waals surface area contributed by atoms with Crippen LogP contribution in [0.15, 0.2) is 83.2 Å². The van der Waals surface area contributed by atoms with Crippen LogP contribution < -0.4 is 10.2 Å². The van der Waals surface area contributed by atoms with Gasteiger partial charge >= 0.3 is 0 Å². The lowest BCUT2D eigenvalue weighted by Gasteiger charge is -2.35. The molecule has 35 heavy (non-hydrogen) atoms. The molecule has 0 spiro atoms. The zero-order valence-corrected chi connectivity index (χ0v) is 20.3. The minimum Gasteiger partial charge on any atom is -0.493 e. The van der Waals surface area contributed by atoms with Gasteiger partial charge in [-0.25, -0.2) is 4.98 Å². The van der Waals surface area contributed by atoms with Crippen LogP contribution in [-0.4, -0.2) is 50.8 Å². The lowest BCUT2D eigenvalue weighted by molar-refractivity contribution is 0.200. The summed E-state index contributed by atoms with van der Waals surface area (Å²) in [7, 11) is 0. The fraction of sp³-hybridized carbons (Fsp3) is 0.231. The third-order valence-corrected chi connectivity index (χ3v) is 6.42. The molecular formula is C26H27N7OS. The summed E-state index contributed by atoms with van der Waals surface area (Å²) in [5, 5.41) is 23.8. The van der Waals surface area contributed by atoms with Gasteiger partial charge in [0, 0.05) is 43.4 Å². The summed E-state index contributed by atoms with van der Waals surface area (Å²) in [4.78, 5) is 9.06. The maximum atomic E-state index is 11.1. The quantitative estimate of drug-likeness (QED) is 0.295. The predicted molar refractivity (Wildman–Crippen MR) is 144 cm³/mol. The molecule has 1 aliphatic rings. The van der Waals surface area contributed by atoms with E-state index < -0.39 is 0 Å². The van der Waals surface area contributed by atoms with Crippen molar-refractivity contribution in [3.05, 3.63) is 78.5 Å². The molecule has 9 heteroatoms. The van der Waals surface area contributed by atoms with E-state index in [1.807, 2.05) is 84.4 Å². The molecule has 0 bridgehead atoms. The molecule has 2 N–H and O–H groups in total. The number of rotatable bonds is 5. The summed E-state index contributed by atoms with van der Waals surface area (Å²) >= 11 is 5.37. The van der Waals surface area contributed by atoms with E-state index >= 15 is 0 Å². The van der Waals surface area contributed by atoms with Crippen LogP contribution in [0.2, 0.25) is 0 Å². The van der Waals surface area contributed by atoms with Gasteiger partial charge in [-0.1, -0.05) is 42.5 Å². The Bertz CT molecular complexity index is 1360. The van der Waals surface area contributed by atoms with Crippen molar-refractivity contribution in [3.8, 4) is 5.88 Å². The van der Waals surface area contributed by atoms with Gasteiger partial charge in [-0.2, -0.15) is 0 Å². The fourth-order valence-corrected chi connectivity index (χ4v) is 4.47.